The number of aldehydes is 1. The number of halogens is 2. The van der Waals surface area contributed by atoms with Crippen molar-refractivity contribution in [3.8, 4) is 16.9 Å². The van der Waals surface area contributed by atoms with E-state index in [0.717, 1.165) is 11.8 Å². The lowest BCUT2D eigenvalue weighted by molar-refractivity contribution is 0.112. The molecule has 0 aliphatic rings. The van der Waals surface area contributed by atoms with Crippen molar-refractivity contribution in [1.82, 2.24) is 9.78 Å². The number of benzene rings is 1. The second kappa shape index (κ2) is 5.19. The van der Waals surface area contributed by atoms with Crippen molar-refractivity contribution < 1.29 is 9.18 Å². The van der Waals surface area contributed by atoms with E-state index in [2.05, 4.69) is 5.10 Å². The Kier molecular flexibility index (Phi) is 3.38. The molecule has 20 heavy (non-hydrogen) atoms. The first-order valence-corrected chi connectivity index (χ1v) is 7.04. The molecule has 2 aromatic heterocycles. The lowest BCUT2D eigenvalue weighted by Crippen LogP contribution is -1.95. The number of hydrogen-bond acceptors (Lipinski definition) is 3. The van der Waals surface area contributed by atoms with Crippen molar-refractivity contribution in [3.05, 3.63) is 57.6 Å². The van der Waals surface area contributed by atoms with Crippen molar-refractivity contribution in [1.29, 1.82) is 0 Å². The van der Waals surface area contributed by atoms with Crippen LogP contribution < -0.4 is 0 Å². The second-order valence-electron chi connectivity index (χ2n) is 4.11. The van der Waals surface area contributed by atoms with E-state index >= 15 is 0 Å². The molecule has 0 radical (unpaired) electrons. The summed E-state index contributed by atoms with van der Waals surface area (Å²) in [6.45, 7) is 0. The summed E-state index contributed by atoms with van der Waals surface area (Å²) in [5.41, 5.74) is 2.41. The Labute approximate surface area is 123 Å². The van der Waals surface area contributed by atoms with Crippen LogP contribution in [0, 0.1) is 5.82 Å². The average Bonchev–Trinajstić information content (AvgIpc) is 3.09. The lowest BCUT2D eigenvalue weighted by atomic mass is 10.2. The molecule has 0 fully saturated rings. The molecule has 3 nitrogen and oxygen atoms in total. The minimum absolute atomic E-state index is 0.0505. The quantitative estimate of drug-likeness (QED) is 0.680. The van der Waals surface area contributed by atoms with Gasteiger partial charge in [-0.25, -0.2) is 9.07 Å². The highest BCUT2D eigenvalue weighted by atomic mass is 35.5. The summed E-state index contributed by atoms with van der Waals surface area (Å²) in [4.78, 5) is 11.1. The molecule has 0 aliphatic heterocycles. The number of nitrogens with zero attached hydrogens (tertiary/aromatic N) is 2. The number of hydrogen-bond donors (Lipinski definition) is 0. The van der Waals surface area contributed by atoms with Crippen LogP contribution in [0.15, 0.2) is 41.2 Å². The van der Waals surface area contributed by atoms with Gasteiger partial charge >= 0.3 is 0 Å². The summed E-state index contributed by atoms with van der Waals surface area (Å²) in [5, 5.41) is 8.21. The predicted molar refractivity (Wildman–Crippen MR) is 77.2 cm³/mol. The molecule has 0 N–H and O–H groups in total. The van der Waals surface area contributed by atoms with Crippen LogP contribution in [0.3, 0.4) is 0 Å². The molecular formula is C14H8ClFN2OS. The van der Waals surface area contributed by atoms with Gasteiger partial charge in [0.25, 0.3) is 0 Å². The highest BCUT2D eigenvalue weighted by Gasteiger charge is 2.12. The van der Waals surface area contributed by atoms with E-state index in [-0.39, 0.29) is 5.02 Å². The van der Waals surface area contributed by atoms with Crippen molar-refractivity contribution in [2.24, 2.45) is 0 Å². The van der Waals surface area contributed by atoms with Gasteiger partial charge in [0.1, 0.15) is 11.5 Å². The van der Waals surface area contributed by atoms with E-state index in [1.165, 1.54) is 28.2 Å². The highest BCUT2D eigenvalue weighted by molar-refractivity contribution is 7.08. The third-order valence-corrected chi connectivity index (χ3v) is 3.82. The van der Waals surface area contributed by atoms with Crippen LogP contribution in [0.1, 0.15) is 10.4 Å². The molecule has 0 spiro atoms. The smallest absolute Gasteiger partial charge is 0.153 e. The largest absolute Gasteiger partial charge is 0.298 e. The number of rotatable bonds is 3. The van der Waals surface area contributed by atoms with E-state index < -0.39 is 5.82 Å². The van der Waals surface area contributed by atoms with Gasteiger partial charge in [-0.1, -0.05) is 11.6 Å². The van der Waals surface area contributed by atoms with Gasteiger partial charge in [-0.05, 0) is 23.6 Å². The van der Waals surface area contributed by atoms with Crippen LogP contribution in [-0.2, 0) is 0 Å². The van der Waals surface area contributed by atoms with Gasteiger partial charge < -0.3 is 0 Å². The Morgan fingerprint density at radius 3 is 2.85 bits per heavy atom. The van der Waals surface area contributed by atoms with Gasteiger partial charge in [-0.2, -0.15) is 16.4 Å². The Balaban J connectivity index is 2.11. The van der Waals surface area contributed by atoms with Gasteiger partial charge in [-0.3, -0.25) is 4.79 Å². The first-order valence-electron chi connectivity index (χ1n) is 5.72. The molecule has 2 heterocycles. The lowest BCUT2D eigenvalue weighted by Gasteiger charge is -2.02. The summed E-state index contributed by atoms with van der Waals surface area (Å²) in [6, 6.07) is 6.26. The molecule has 0 unspecified atom stereocenters. The number of aromatic nitrogens is 2. The fraction of sp³-hybridized carbons (Fsp3) is 0. The normalized spacial score (nSPS) is 10.7. The average molecular weight is 307 g/mol. The van der Waals surface area contributed by atoms with Gasteiger partial charge in [0.2, 0.25) is 0 Å². The van der Waals surface area contributed by atoms with Crippen molar-refractivity contribution in [3.63, 3.8) is 0 Å². The van der Waals surface area contributed by atoms with Crippen molar-refractivity contribution >= 4 is 29.2 Å². The molecule has 3 rings (SSSR count). The molecule has 0 atom stereocenters. The Bertz CT molecular complexity index is 768. The van der Waals surface area contributed by atoms with Crippen LogP contribution in [0.25, 0.3) is 16.9 Å². The van der Waals surface area contributed by atoms with E-state index in [1.54, 1.807) is 12.3 Å². The third kappa shape index (κ3) is 2.26. The number of carbonyl (C=O) groups is 1. The van der Waals surface area contributed by atoms with Crippen LogP contribution in [0.4, 0.5) is 4.39 Å². The second-order valence-corrected chi connectivity index (χ2v) is 5.29. The summed E-state index contributed by atoms with van der Waals surface area (Å²) in [5.74, 6) is -0.524. The first-order chi connectivity index (χ1) is 9.69. The minimum atomic E-state index is -0.524. The van der Waals surface area contributed by atoms with Gasteiger partial charge in [-0.15, -0.1) is 0 Å². The van der Waals surface area contributed by atoms with Crippen LogP contribution >= 0.6 is 22.9 Å². The van der Waals surface area contributed by atoms with E-state index in [4.69, 9.17) is 11.6 Å². The molecule has 3 aromatic rings. The van der Waals surface area contributed by atoms with Gasteiger partial charge in [0.15, 0.2) is 6.29 Å². The third-order valence-electron chi connectivity index (χ3n) is 2.83. The zero-order valence-corrected chi connectivity index (χ0v) is 11.7. The molecule has 0 amide bonds. The zero-order valence-electron chi connectivity index (χ0n) is 10.1. The Morgan fingerprint density at radius 1 is 1.35 bits per heavy atom. The molecule has 0 saturated heterocycles. The summed E-state index contributed by atoms with van der Waals surface area (Å²) in [7, 11) is 0. The highest BCUT2D eigenvalue weighted by Crippen LogP contribution is 2.25. The maximum atomic E-state index is 13.5. The monoisotopic (exact) mass is 306 g/mol. The maximum absolute atomic E-state index is 13.5. The fourth-order valence-electron chi connectivity index (χ4n) is 1.86. The Hall–Kier alpha value is -1.98. The molecule has 100 valence electrons. The molecule has 6 heteroatoms. The van der Waals surface area contributed by atoms with E-state index in [0.29, 0.717) is 16.9 Å². The van der Waals surface area contributed by atoms with Crippen LogP contribution in [0.5, 0.6) is 0 Å². The minimum Gasteiger partial charge on any atom is -0.298 e. The maximum Gasteiger partial charge on any atom is 0.153 e. The molecule has 1 aromatic carbocycles. The summed E-state index contributed by atoms with van der Waals surface area (Å²) < 4.78 is 15.0. The SMILES string of the molecule is O=Cc1cn(-c2ccc(Cl)c(F)c2)nc1-c1ccsc1. The van der Waals surface area contributed by atoms with Gasteiger partial charge in [0.05, 0.1) is 16.3 Å². The summed E-state index contributed by atoms with van der Waals surface area (Å²) >= 11 is 7.17. The zero-order chi connectivity index (χ0) is 14.1. The predicted octanol–water partition coefficient (Wildman–Crippen LogP) is 4.21. The van der Waals surface area contributed by atoms with E-state index in [1.807, 2.05) is 16.8 Å². The van der Waals surface area contributed by atoms with Crippen molar-refractivity contribution in [2.45, 2.75) is 0 Å². The first kappa shape index (κ1) is 13.0. The Morgan fingerprint density at radius 2 is 2.20 bits per heavy atom. The van der Waals surface area contributed by atoms with Crippen LogP contribution in [0.2, 0.25) is 5.02 Å². The molecule has 0 saturated carbocycles. The van der Waals surface area contributed by atoms with Gasteiger partial charge in [0, 0.05) is 23.2 Å². The van der Waals surface area contributed by atoms with Crippen LogP contribution in [-0.4, -0.2) is 16.1 Å². The molecule has 0 bridgehead atoms. The van der Waals surface area contributed by atoms with Crippen molar-refractivity contribution in [2.75, 3.05) is 0 Å². The fourth-order valence-corrected chi connectivity index (χ4v) is 2.61. The number of carbonyl (C=O) groups excluding carboxylic acids is 1. The van der Waals surface area contributed by atoms with E-state index in [9.17, 15) is 9.18 Å². The number of thiophene rings is 1. The topological polar surface area (TPSA) is 34.9 Å². The standard InChI is InChI=1S/C14H8ClFN2OS/c15-12-2-1-11(5-13(12)16)18-6-10(7-19)14(17-18)9-3-4-20-8-9/h1-8H. The molecular weight excluding hydrogens is 299 g/mol. The molecule has 0 aliphatic carbocycles. The summed E-state index contributed by atoms with van der Waals surface area (Å²) in [6.07, 6.45) is 2.31.